The van der Waals surface area contributed by atoms with Gasteiger partial charge < -0.3 is 9.22 Å². The highest BCUT2D eigenvalue weighted by molar-refractivity contribution is 6.68. The fourth-order valence-electron chi connectivity index (χ4n) is 3.29. The first kappa shape index (κ1) is 14.9. The summed E-state index contributed by atoms with van der Waals surface area (Å²) in [4.78, 5) is 12.0. The molecule has 0 atom stereocenters. The van der Waals surface area contributed by atoms with Crippen molar-refractivity contribution in [1.82, 2.24) is 4.57 Å². The molecule has 2 heterocycles. The van der Waals surface area contributed by atoms with Crippen LogP contribution in [0.25, 0.3) is 0 Å². The largest absolute Gasteiger partial charge is 0.425 e. The van der Waals surface area contributed by atoms with Gasteiger partial charge in [0.05, 0.1) is 5.60 Å². The van der Waals surface area contributed by atoms with Crippen molar-refractivity contribution >= 4 is 12.4 Å². The van der Waals surface area contributed by atoms with Gasteiger partial charge in [-0.3, -0.25) is 4.79 Å². The van der Waals surface area contributed by atoms with Crippen molar-refractivity contribution in [3.8, 4) is 0 Å². The van der Waals surface area contributed by atoms with Crippen molar-refractivity contribution in [1.29, 1.82) is 0 Å². The quantitative estimate of drug-likeness (QED) is 0.800. The summed E-state index contributed by atoms with van der Waals surface area (Å²) in [5, 5.41) is 0. The summed E-state index contributed by atoms with van der Waals surface area (Å²) < 4.78 is 8.16. The highest BCUT2D eigenvalue weighted by Gasteiger charge is 2.49. The van der Waals surface area contributed by atoms with E-state index in [1.165, 1.54) is 19.3 Å². The molecular weight excluding hydrogens is 261 g/mol. The average molecular weight is 287 g/mol. The van der Waals surface area contributed by atoms with Crippen LogP contribution in [0.3, 0.4) is 0 Å². The third kappa shape index (κ3) is 2.70. The molecule has 2 fully saturated rings. The molecule has 21 heavy (non-hydrogen) atoms. The van der Waals surface area contributed by atoms with Crippen molar-refractivity contribution in [3.05, 3.63) is 28.7 Å². The van der Waals surface area contributed by atoms with Crippen molar-refractivity contribution in [2.24, 2.45) is 11.3 Å². The SMILES string of the molecule is CC1(C)CB(c2ccc(=O)n(CC3CCC3)c2)OC1(C)C. The monoisotopic (exact) mass is 287 g/mol. The Kier molecular flexibility index (Phi) is 3.55. The first-order valence-corrected chi connectivity index (χ1v) is 8.17. The van der Waals surface area contributed by atoms with E-state index in [2.05, 4.69) is 27.7 Å². The van der Waals surface area contributed by atoms with E-state index in [-0.39, 0.29) is 23.5 Å². The molecule has 114 valence electrons. The fraction of sp³-hybridized carbons (Fsp3) is 0.706. The molecule has 1 aliphatic carbocycles. The van der Waals surface area contributed by atoms with Crippen molar-refractivity contribution in [2.45, 2.75) is 65.4 Å². The van der Waals surface area contributed by atoms with Crippen molar-refractivity contribution < 1.29 is 4.65 Å². The molecule has 2 aliphatic rings. The van der Waals surface area contributed by atoms with Gasteiger partial charge in [0, 0.05) is 18.8 Å². The Balaban J connectivity index is 1.83. The highest BCUT2D eigenvalue weighted by atomic mass is 16.5. The summed E-state index contributed by atoms with van der Waals surface area (Å²) >= 11 is 0. The van der Waals surface area contributed by atoms with Crippen LogP contribution < -0.4 is 11.0 Å². The molecule has 0 bridgehead atoms. The van der Waals surface area contributed by atoms with Crippen LogP contribution in [0.2, 0.25) is 6.32 Å². The number of nitrogens with zero attached hydrogens (tertiary/aromatic N) is 1. The molecule has 1 aromatic rings. The van der Waals surface area contributed by atoms with E-state index in [1.54, 1.807) is 6.07 Å². The Labute approximate surface area is 127 Å². The molecule has 0 aromatic carbocycles. The Morgan fingerprint density at radius 1 is 1.29 bits per heavy atom. The second-order valence-electron chi connectivity index (χ2n) is 7.95. The molecule has 1 saturated carbocycles. The first-order chi connectivity index (χ1) is 9.78. The maximum absolute atomic E-state index is 12.0. The lowest BCUT2D eigenvalue weighted by molar-refractivity contribution is 0.0375. The number of rotatable bonds is 3. The molecule has 1 aliphatic heterocycles. The third-order valence-corrected chi connectivity index (χ3v) is 5.82. The van der Waals surface area contributed by atoms with E-state index in [4.69, 9.17) is 4.65 Å². The van der Waals surface area contributed by atoms with Gasteiger partial charge >= 0.3 is 6.92 Å². The molecule has 0 amide bonds. The van der Waals surface area contributed by atoms with Crippen LogP contribution >= 0.6 is 0 Å². The minimum Gasteiger partial charge on any atom is -0.425 e. The zero-order valence-electron chi connectivity index (χ0n) is 13.7. The van der Waals surface area contributed by atoms with Crippen LogP contribution in [0.4, 0.5) is 0 Å². The summed E-state index contributed by atoms with van der Waals surface area (Å²) in [6.07, 6.45) is 6.87. The van der Waals surface area contributed by atoms with Crippen molar-refractivity contribution in [3.63, 3.8) is 0 Å². The molecule has 3 rings (SSSR count). The lowest BCUT2D eigenvalue weighted by Gasteiger charge is -2.34. The van der Waals surface area contributed by atoms with Gasteiger partial charge in [-0.15, -0.1) is 0 Å². The predicted octanol–water partition coefficient (Wildman–Crippen LogP) is 2.68. The van der Waals surface area contributed by atoms with Crippen LogP contribution in [-0.4, -0.2) is 17.1 Å². The van der Waals surface area contributed by atoms with Crippen LogP contribution in [0.1, 0.15) is 47.0 Å². The Bertz CT molecular complexity index is 571. The average Bonchev–Trinajstić information content (AvgIpc) is 2.55. The number of hydrogen-bond acceptors (Lipinski definition) is 2. The molecule has 0 N–H and O–H groups in total. The zero-order valence-corrected chi connectivity index (χ0v) is 13.7. The van der Waals surface area contributed by atoms with Gasteiger partial charge in [-0.25, -0.2) is 0 Å². The maximum Gasteiger partial charge on any atom is 0.329 e. The maximum atomic E-state index is 12.0. The molecule has 1 saturated heterocycles. The molecule has 4 heteroatoms. The summed E-state index contributed by atoms with van der Waals surface area (Å²) in [5.74, 6) is 0.690. The zero-order chi connectivity index (χ0) is 15.3. The number of hydrogen-bond donors (Lipinski definition) is 0. The lowest BCUT2D eigenvalue weighted by atomic mass is 9.54. The van der Waals surface area contributed by atoms with Crippen LogP contribution in [0.5, 0.6) is 0 Å². The second kappa shape index (κ2) is 5.01. The standard InChI is InChI=1S/C17H26BNO2/c1-16(2)12-18(21-17(16,3)4)14-8-9-15(20)19(11-14)10-13-6-5-7-13/h8-9,11,13H,5-7,10,12H2,1-4H3. The third-order valence-electron chi connectivity index (χ3n) is 5.82. The van der Waals surface area contributed by atoms with E-state index in [1.807, 2.05) is 16.8 Å². The molecule has 3 nitrogen and oxygen atoms in total. The molecule has 0 radical (unpaired) electrons. The smallest absolute Gasteiger partial charge is 0.329 e. The van der Waals surface area contributed by atoms with Gasteiger partial charge in [-0.1, -0.05) is 26.3 Å². The van der Waals surface area contributed by atoms with Crippen LogP contribution in [0.15, 0.2) is 23.1 Å². The van der Waals surface area contributed by atoms with Gasteiger partial charge in [0.2, 0.25) is 5.56 Å². The number of pyridine rings is 1. The highest BCUT2D eigenvalue weighted by Crippen LogP contribution is 2.44. The number of aromatic nitrogens is 1. The summed E-state index contributed by atoms with van der Waals surface area (Å²) in [7, 11) is 0. The molecule has 0 spiro atoms. The van der Waals surface area contributed by atoms with E-state index in [9.17, 15) is 4.79 Å². The fourth-order valence-corrected chi connectivity index (χ4v) is 3.29. The minimum absolute atomic E-state index is 0.100. The Morgan fingerprint density at radius 2 is 2.00 bits per heavy atom. The van der Waals surface area contributed by atoms with E-state index in [0.717, 1.165) is 18.3 Å². The molecule has 0 unspecified atom stereocenters. The van der Waals surface area contributed by atoms with Crippen LogP contribution in [-0.2, 0) is 11.2 Å². The first-order valence-electron chi connectivity index (χ1n) is 8.17. The van der Waals surface area contributed by atoms with Gasteiger partial charge in [-0.05, 0) is 49.8 Å². The Morgan fingerprint density at radius 3 is 2.52 bits per heavy atom. The normalized spacial score (nSPS) is 24.1. The van der Waals surface area contributed by atoms with Gasteiger partial charge in [-0.2, -0.15) is 0 Å². The van der Waals surface area contributed by atoms with E-state index < -0.39 is 0 Å². The predicted molar refractivity (Wildman–Crippen MR) is 87.2 cm³/mol. The molecular formula is C17H26BNO2. The minimum atomic E-state index is -0.132. The topological polar surface area (TPSA) is 31.2 Å². The van der Waals surface area contributed by atoms with E-state index >= 15 is 0 Å². The van der Waals surface area contributed by atoms with Crippen molar-refractivity contribution in [2.75, 3.05) is 0 Å². The lowest BCUT2D eigenvalue weighted by Crippen LogP contribution is -2.38. The summed E-state index contributed by atoms with van der Waals surface area (Å²) in [5.41, 5.74) is 1.27. The summed E-state index contributed by atoms with van der Waals surface area (Å²) in [6.45, 7) is 9.82. The second-order valence-corrected chi connectivity index (χ2v) is 7.95. The van der Waals surface area contributed by atoms with Crippen LogP contribution in [0, 0.1) is 11.3 Å². The van der Waals surface area contributed by atoms with Gasteiger partial charge in [0.25, 0.3) is 0 Å². The van der Waals surface area contributed by atoms with E-state index in [0.29, 0.717) is 5.92 Å². The Hall–Kier alpha value is -1.03. The van der Waals surface area contributed by atoms with Gasteiger partial charge in [0.15, 0.2) is 0 Å². The molecule has 1 aromatic heterocycles. The van der Waals surface area contributed by atoms with Gasteiger partial charge in [0.1, 0.15) is 0 Å². The summed E-state index contributed by atoms with van der Waals surface area (Å²) in [6, 6.07) is 3.65.